The third-order valence-corrected chi connectivity index (χ3v) is 3.50. The second-order valence-corrected chi connectivity index (χ2v) is 6.23. The molecule has 0 aromatic rings. The van der Waals surface area contributed by atoms with Crippen LogP contribution in [0.5, 0.6) is 0 Å². The van der Waals surface area contributed by atoms with Crippen LogP contribution in [0.15, 0.2) is 0 Å². The first-order chi connectivity index (χ1) is 7.70. The normalized spacial score (nSPS) is 27.9. The number of ether oxygens (including phenoxy) is 1. The molecule has 1 fully saturated rings. The van der Waals surface area contributed by atoms with Crippen molar-refractivity contribution < 1.29 is 9.53 Å². The minimum atomic E-state index is -0.461. The Kier molecular flexibility index (Phi) is 4.42. The number of amides is 1. The fraction of sp³-hybridized carbons (Fsp3) is 0.923. The first-order valence-corrected chi connectivity index (χ1v) is 6.46. The summed E-state index contributed by atoms with van der Waals surface area (Å²) in [5.74, 6) is 1.20. The molecule has 1 saturated carbocycles. The van der Waals surface area contributed by atoms with Gasteiger partial charge in [-0.25, -0.2) is 4.79 Å². The first kappa shape index (κ1) is 14.3. The summed E-state index contributed by atoms with van der Waals surface area (Å²) in [5, 5.41) is 2.82. The second kappa shape index (κ2) is 5.25. The summed E-state index contributed by atoms with van der Waals surface area (Å²) in [6.45, 7) is 9.72. The van der Waals surface area contributed by atoms with Crippen LogP contribution in [0.2, 0.25) is 0 Å². The van der Waals surface area contributed by atoms with Crippen LogP contribution in [0.1, 0.15) is 47.5 Å². The van der Waals surface area contributed by atoms with Crippen LogP contribution in [0.25, 0.3) is 0 Å². The molecular formula is C13H26N2O2. The average Bonchev–Trinajstić information content (AvgIpc) is 2.12. The van der Waals surface area contributed by atoms with Crippen molar-refractivity contribution in [1.29, 1.82) is 0 Å². The summed E-state index contributed by atoms with van der Waals surface area (Å²) < 4.78 is 5.21. The van der Waals surface area contributed by atoms with Crippen molar-refractivity contribution >= 4 is 6.09 Å². The number of hydrogen-bond donors (Lipinski definition) is 2. The van der Waals surface area contributed by atoms with Gasteiger partial charge in [-0.3, -0.25) is 0 Å². The van der Waals surface area contributed by atoms with Crippen LogP contribution in [0, 0.1) is 11.8 Å². The van der Waals surface area contributed by atoms with Crippen molar-refractivity contribution in [2.75, 3.05) is 0 Å². The van der Waals surface area contributed by atoms with E-state index in [0.29, 0.717) is 11.8 Å². The Balaban J connectivity index is 2.38. The van der Waals surface area contributed by atoms with E-state index in [9.17, 15) is 4.79 Å². The Morgan fingerprint density at radius 1 is 1.41 bits per heavy atom. The summed E-state index contributed by atoms with van der Waals surface area (Å²) in [7, 11) is 0. The molecule has 1 amide bonds. The van der Waals surface area contributed by atoms with Gasteiger partial charge in [0.1, 0.15) is 5.60 Å². The van der Waals surface area contributed by atoms with Gasteiger partial charge in [0.15, 0.2) is 0 Å². The molecule has 3 N–H and O–H groups in total. The van der Waals surface area contributed by atoms with E-state index in [1.165, 1.54) is 12.8 Å². The maximum atomic E-state index is 11.6. The topological polar surface area (TPSA) is 64.3 Å². The molecular weight excluding hydrogens is 216 g/mol. The van der Waals surface area contributed by atoms with Crippen molar-refractivity contribution in [3.05, 3.63) is 0 Å². The zero-order chi connectivity index (χ0) is 13.2. The van der Waals surface area contributed by atoms with E-state index >= 15 is 0 Å². The van der Waals surface area contributed by atoms with Gasteiger partial charge in [-0.15, -0.1) is 0 Å². The van der Waals surface area contributed by atoms with Gasteiger partial charge in [0.05, 0.1) is 0 Å². The molecule has 0 radical (unpaired) electrons. The Morgan fingerprint density at radius 3 is 2.35 bits per heavy atom. The molecule has 0 saturated heterocycles. The van der Waals surface area contributed by atoms with Gasteiger partial charge in [-0.05, 0) is 46.0 Å². The maximum absolute atomic E-state index is 11.6. The van der Waals surface area contributed by atoms with Gasteiger partial charge in [0.25, 0.3) is 0 Å². The van der Waals surface area contributed by atoms with E-state index < -0.39 is 5.60 Å². The number of hydrogen-bond acceptors (Lipinski definition) is 3. The molecule has 17 heavy (non-hydrogen) atoms. The minimum absolute atomic E-state index is 0.0197. The molecule has 0 aromatic carbocycles. The second-order valence-electron chi connectivity index (χ2n) is 6.23. The fourth-order valence-corrected chi connectivity index (χ4v) is 2.22. The Morgan fingerprint density at radius 2 is 2.00 bits per heavy atom. The molecule has 100 valence electrons. The van der Waals surface area contributed by atoms with Gasteiger partial charge < -0.3 is 15.8 Å². The van der Waals surface area contributed by atoms with Gasteiger partial charge in [-0.1, -0.05) is 13.3 Å². The highest BCUT2D eigenvalue weighted by atomic mass is 16.6. The lowest BCUT2D eigenvalue weighted by Crippen LogP contribution is -2.54. The van der Waals surface area contributed by atoms with Crippen LogP contribution in [-0.4, -0.2) is 23.8 Å². The van der Waals surface area contributed by atoms with Crippen LogP contribution in [-0.2, 0) is 4.74 Å². The molecule has 4 heteroatoms. The fourth-order valence-electron chi connectivity index (χ4n) is 2.22. The highest BCUT2D eigenvalue weighted by Crippen LogP contribution is 2.36. The molecule has 0 aliphatic heterocycles. The number of carbonyl (C=O) groups excluding carboxylic acids is 1. The van der Waals surface area contributed by atoms with Crippen LogP contribution in [0.3, 0.4) is 0 Å². The van der Waals surface area contributed by atoms with Gasteiger partial charge in [-0.2, -0.15) is 0 Å². The summed E-state index contributed by atoms with van der Waals surface area (Å²) in [6.07, 6.45) is 2.03. The first-order valence-electron chi connectivity index (χ1n) is 6.46. The van der Waals surface area contributed by atoms with Crippen molar-refractivity contribution in [2.24, 2.45) is 17.6 Å². The van der Waals surface area contributed by atoms with Crippen LogP contribution >= 0.6 is 0 Å². The molecule has 1 aliphatic carbocycles. The number of nitrogens with two attached hydrogens (primary N) is 1. The third kappa shape index (κ3) is 4.19. The predicted molar refractivity (Wildman–Crippen MR) is 68.7 cm³/mol. The van der Waals surface area contributed by atoms with E-state index in [4.69, 9.17) is 10.5 Å². The summed E-state index contributed by atoms with van der Waals surface area (Å²) in [4.78, 5) is 11.6. The lowest BCUT2D eigenvalue weighted by Gasteiger charge is -2.40. The zero-order valence-corrected chi connectivity index (χ0v) is 11.6. The van der Waals surface area contributed by atoms with Crippen molar-refractivity contribution in [3.63, 3.8) is 0 Å². The molecule has 0 bridgehead atoms. The smallest absolute Gasteiger partial charge is 0.407 e. The van der Waals surface area contributed by atoms with Crippen molar-refractivity contribution in [3.8, 4) is 0 Å². The molecule has 4 atom stereocenters. The third-order valence-electron chi connectivity index (χ3n) is 3.50. The molecule has 4 nitrogen and oxygen atoms in total. The molecule has 1 aliphatic rings. The van der Waals surface area contributed by atoms with E-state index in [-0.39, 0.29) is 18.2 Å². The predicted octanol–water partition coefficient (Wildman–Crippen LogP) is 2.27. The number of carbonyl (C=O) groups is 1. The Bertz CT molecular complexity index is 273. The highest BCUT2D eigenvalue weighted by molar-refractivity contribution is 5.68. The standard InChI is InChI=1S/C13H26N2O2/c1-8-6-7-10(8)11(14)9(2)15-12(16)17-13(3,4)5/h8-11H,6-7,14H2,1-5H3,(H,15,16)/t8?,9-,10?,11-/m0/s1. The van der Waals surface area contributed by atoms with Crippen molar-refractivity contribution in [2.45, 2.75) is 65.1 Å². The highest BCUT2D eigenvalue weighted by Gasteiger charge is 2.35. The van der Waals surface area contributed by atoms with Crippen molar-refractivity contribution in [1.82, 2.24) is 5.32 Å². The lowest BCUT2D eigenvalue weighted by molar-refractivity contribution is 0.0473. The Labute approximate surface area is 104 Å². The summed E-state index contributed by atoms with van der Waals surface area (Å²) >= 11 is 0. The monoisotopic (exact) mass is 242 g/mol. The van der Waals surface area contributed by atoms with E-state index in [2.05, 4.69) is 12.2 Å². The van der Waals surface area contributed by atoms with Gasteiger partial charge in [0.2, 0.25) is 0 Å². The molecule has 0 aromatic heterocycles. The average molecular weight is 242 g/mol. The van der Waals surface area contributed by atoms with Crippen LogP contribution < -0.4 is 11.1 Å². The van der Waals surface area contributed by atoms with E-state index in [0.717, 1.165) is 0 Å². The largest absolute Gasteiger partial charge is 0.444 e. The minimum Gasteiger partial charge on any atom is -0.444 e. The zero-order valence-electron chi connectivity index (χ0n) is 11.6. The van der Waals surface area contributed by atoms with E-state index in [1.807, 2.05) is 27.7 Å². The Hall–Kier alpha value is -0.770. The quantitative estimate of drug-likeness (QED) is 0.798. The summed E-state index contributed by atoms with van der Waals surface area (Å²) in [6, 6.07) is -0.0242. The number of nitrogens with one attached hydrogen (secondary N) is 1. The van der Waals surface area contributed by atoms with Crippen LogP contribution in [0.4, 0.5) is 4.79 Å². The molecule has 0 spiro atoms. The maximum Gasteiger partial charge on any atom is 0.407 e. The summed E-state index contributed by atoms with van der Waals surface area (Å²) in [5.41, 5.74) is 5.69. The lowest BCUT2D eigenvalue weighted by atomic mass is 9.69. The molecule has 0 heterocycles. The number of alkyl carbamates (subject to hydrolysis) is 1. The van der Waals surface area contributed by atoms with Gasteiger partial charge >= 0.3 is 6.09 Å². The molecule has 1 rings (SSSR count). The number of rotatable bonds is 3. The van der Waals surface area contributed by atoms with Gasteiger partial charge in [0, 0.05) is 12.1 Å². The molecule has 2 unspecified atom stereocenters. The van der Waals surface area contributed by atoms with E-state index in [1.54, 1.807) is 0 Å². The SMILES string of the molecule is CC1CCC1[C@@H](N)[C@H](C)NC(=O)OC(C)(C)C.